The highest BCUT2D eigenvalue weighted by Crippen LogP contribution is 2.21. The highest BCUT2D eigenvalue weighted by atomic mass is 32.2. The van der Waals surface area contributed by atoms with Crippen molar-refractivity contribution in [3.8, 4) is 11.6 Å². The van der Waals surface area contributed by atoms with Gasteiger partial charge in [0.2, 0.25) is 5.82 Å². The second-order valence-corrected chi connectivity index (χ2v) is 6.83. The molecule has 0 radical (unpaired) electrons. The second-order valence-electron chi connectivity index (χ2n) is 5.41. The molecule has 11 heteroatoms. The first-order valence-electron chi connectivity index (χ1n) is 7.38. The molecule has 0 atom stereocenters. The lowest BCUT2D eigenvalue weighted by atomic mass is 10.4. The summed E-state index contributed by atoms with van der Waals surface area (Å²) in [5.74, 6) is 1.53. The average Bonchev–Trinajstić information content (AvgIpc) is 3.27. The van der Waals surface area contributed by atoms with Crippen LogP contribution in [0, 0.1) is 0 Å². The number of aryl methyl sites for hydroxylation is 1. The van der Waals surface area contributed by atoms with Gasteiger partial charge in [-0.2, -0.15) is 8.42 Å². The molecule has 2 aromatic heterocycles. The lowest BCUT2D eigenvalue weighted by Gasteiger charge is -2.02. The van der Waals surface area contributed by atoms with Gasteiger partial charge in [-0.3, -0.25) is 4.55 Å². The molecule has 10 nitrogen and oxygen atoms in total. The van der Waals surface area contributed by atoms with E-state index in [-0.39, 0.29) is 4.90 Å². The summed E-state index contributed by atoms with van der Waals surface area (Å²) >= 11 is 0. The number of hydrogen-bond acceptors (Lipinski definition) is 7. The van der Waals surface area contributed by atoms with Crippen molar-refractivity contribution in [1.29, 1.82) is 0 Å². The number of benzene rings is 1. The number of tetrazole rings is 1. The maximum atomic E-state index is 10.4. The van der Waals surface area contributed by atoms with Gasteiger partial charge in [0.05, 0.1) is 16.3 Å². The minimum atomic E-state index is -4.00. The summed E-state index contributed by atoms with van der Waals surface area (Å²) in [5.41, 5.74) is 2.31. The third kappa shape index (κ3) is 3.57. The summed E-state index contributed by atoms with van der Waals surface area (Å²) < 4.78 is 32.9. The van der Waals surface area contributed by atoms with Crippen LogP contribution >= 0.6 is 0 Å². The fourth-order valence-electron chi connectivity index (χ4n) is 2.46. The number of nitrogens with one attached hydrogen (secondary N) is 1. The zero-order valence-corrected chi connectivity index (χ0v) is 14.5. The Labute approximate surface area is 144 Å². The van der Waals surface area contributed by atoms with Crippen LogP contribution in [0.2, 0.25) is 0 Å². The molecule has 132 valence electrons. The number of rotatable bonds is 2. The number of hydrogen-bond donors (Lipinski definition) is 2. The summed E-state index contributed by atoms with van der Waals surface area (Å²) in [4.78, 5) is 4.46. The van der Waals surface area contributed by atoms with Crippen LogP contribution < -0.4 is 5.32 Å². The number of nitrogens with zero attached hydrogens (tertiary/aromatic N) is 6. The molecule has 25 heavy (non-hydrogen) atoms. The van der Waals surface area contributed by atoms with Gasteiger partial charge < -0.3 is 9.88 Å². The lowest BCUT2D eigenvalue weighted by molar-refractivity contribution is 0.483. The fraction of sp³-hybridized carbons (Fsp3) is 0.286. The predicted octanol–water partition coefficient (Wildman–Crippen LogP) is 0.147. The van der Waals surface area contributed by atoms with Gasteiger partial charge in [-0.1, -0.05) is 18.2 Å². The normalized spacial score (nSPS) is 13.2. The van der Waals surface area contributed by atoms with Crippen molar-refractivity contribution in [2.45, 2.75) is 18.0 Å². The van der Waals surface area contributed by atoms with Gasteiger partial charge in [-0.05, 0) is 22.6 Å². The Bertz CT molecular complexity index is 979. The highest BCUT2D eigenvalue weighted by molar-refractivity contribution is 7.85. The number of imidazole rings is 1. The zero-order valence-electron chi connectivity index (χ0n) is 13.7. The van der Waals surface area contributed by atoms with Crippen LogP contribution in [0.5, 0.6) is 0 Å². The first-order valence-corrected chi connectivity index (χ1v) is 8.82. The molecule has 4 rings (SSSR count). The zero-order chi connectivity index (χ0) is 18.0. The smallest absolute Gasteiger partial charge is 0.294 e. The minimum absolute atomic E-state index is 0.0741. The molecule has 0 spiro atoms. The third-order valence-electron chi connectivity index (χ3n) is 3.74. The van der Waals surface area contributed by atoms with Crippen LogP contribution in [0.15, 0.2) is 35.2 Å². The van der Waals surface area contributed by atoms with E-state index in [2.05, 4.69) is 25.8 Å². The van der Waals surface area contributed by atoms with E-state index in [0.29, 0.717) is 5.82 Å². The molecule has 0 amide bonds. The topological polar surface area (TPSA) is 128 Å². The Kier molecular flexibility index (Phi) is 4.61. The molecule has 0 fully saturated rings. The highest BCUT2D eigenvalue weighted by Gasteiger charge is 2.22. The molecule has 1 aromatic carbocycles. The van der Waals surface area contributed by atoms with E-state index in [0.717, 1.165) is 24.6 Å². The quantitative estimate of drug-likeness (QED) is 0.616. The Balaban J connectivity index is 0.000000160. The van der Waals surface area contributed by atoms with Gasteiger partial charge in [0.25, 0.3) is 10.1 Å². The molecule has 0 saturated carbocycles. The van der Waals surface area contributed by atoms with Gasteiger partial charge in [-0.15, -0.1) is 5.10 Å². The Morgan fingerprint density at radius 1 is 1.12 bits per heavy atom. The largest absolute Gasteiger partial charge is 0.327 e. The van der Waals surface area contributed by atoms with Gasteiger partial charge in [0.15, 0.2) is 5.82 Å². The number of aromatic nitrogens is 6. The Hall–Kier alpha value is -2.63. The molecule has 3 heterocycles. The van der Waals surface area contributed by atoms with E-state index >= 15 is 0 Å². The van der Waals surface area contributed by atoms with E-state index in [1.165, 1.54) is 17.8 Å². The predicted molar refractivity (Wildman–Crippen MR) is 87.8 cm³/mol. The molecule has 0 unspecified atom stereocenters. The molecule has 1 aliphatic rings. The van der Waals surface area contributed by atoms with Crippen LogP contribution in [-0.4, -0.2) is 42.7 Å². The molecular weight excluding hydrogens is 346 g/mol. The van der Waals surface area contributed by atoms with E-state index in [1.807, 2.05) is 18.7 Å². The van der Waals surface area contributed by atoms with Crippen molar-refractivity contribution in [3.63, 3.8) is 0 Å². The molecule has 0 saturated heterocycles. The fourth-order valence-corrected chi connectivity index (χ4v) is 2.96. The van der Waals surface area contributed by atoms with Gasteiger partial charge >= 0.3 is 0 Å². The standard InChI is InChI=1S/C8H11N7.C6H6O3S/c1-14-6-4-9-3-5(6)10-7(14)8-11-12-13-15(8)2;7-10(8,9)6-4-2-1-3-5-6/h9H,3-4H2,1-2H3;1-5H,(H,7,8,9). The summed E-state index contributed by atoms with van der Waals surface area (Å²) in [5, 5.41) is 14.6. The van der Waals surface area contributed by atoms with Crippen molar-refractivity contribution in [2.24, 2.45) is 14.1 Å². The monoisotopic (exact) mass is 363 g/mol. The van der Waals surface area contributed by atoms with Gasteiger partial charge in [0, 0.05) is 27.2 Å². The molecule has 2 N–H and O–H groups in total. The first-order chi connectivity index (χ1) is 11.9. The van der Waals surface area contributed by atoms with Crippen LogP contribution in [0.4, 0.5) is 0 Å². The summed E-state index contributed by atoms with van der Waals surface area (Å²) in [6.45, 7) is 1.69. The summed E-state index contributed by atoms with van der Waals surface area (Å²) in [6, 6.07) is 7.42. The molecular formula is C14H17N7O3S. The minimum Gasteiger partial charge on any atom is -0.327 e. The van der Waals surface area contributed by atoms with E-state index in [1.54, 1.807) is 22.9 Å². The Morgan fingerprint density at radius 3 is 2.36 bits per heavy atom. The van der Waals surface area contributed by atoms with Crippen molar-refractivity contribution >= 4 is 10.1 Å². The first kappa shape index (κ1) is 17.2. The van der Waals surface area contributed by atoms with Gasteiger partial charge in [0.1, 0.15) is 0 Å². The maximum Gasteiger partial charge on any atom is 0.294 e. The second kappa shape index (κ2) is 6.70. The molecule has 0 aliphatic carbocycles. The van der Waals surface area contributed by atoms with Crippen LogP contribution in [0.1, 0.15) is 11.4 Å². The molecule has 1 aliphatic heterocycles. The van der Waals surface area contributed by atoms with E-state index in [9.17, 15) is 8.42 Å². The van der Waals surface area contributed by atoms with Crippen molar-refractivity contribution in [2.75, 3.05) is 0 Å². The molecule has 3 aromatic rings. The van der Waals surface area contributed by atoms with Crippen molar-refractivity contribution < 1.29 is 13.0 Å². The van der Waals surface area contributed by atoms with Crippen LogP contribution in [-0.2, 0) is 37.3 Å². The van der Waals surface area contributed by atoms with E-state index < -0.39 is 10.1 Å². The Morgan fingerprint density at radius 2 is 1.84 bits per heavy atom. The van der Waals surface area contributed by atoms with E-state index in [4.69, 9.17) is 4.55 Å². The van der Waals surface area contributed by atoms with Crippen molar-refractivity contribution in [1.82, 2.24) is 35.1 Å². The maximum absolute atomic E-state index is 10.4. The summed E-state index contributed by atoms with van der Waals surface area (Å²) in [6.07, 6.45) is 0. The lowest BCUT2D eigenvalue weighted by Crippen LogP contribution is -2.08. The van der Waals surface area contributed by atoms with Crippen molar-refractivity contribution in [3.05, 3.63) is 41.7 Å². The van der Waals surface area contributed by atoms with Gasteiger partial charge in [-0.25, -0.2) is 9.67 Å². The van der Waals surface area contributed by atoms with Crippen LogP contribution in [0.25, 0.3) is 11.6 Å². The third-order valence-corrected chi connectivity index (χ3v) is 4.61. The average molecular weight is 363 g/mol. The molecule has 0 bridgehead atoms. The SMILES string of the molecule is Cn1nnnc1-c1nc2c(n1C)CNC2.O=S(=O)(O)c1ccccc1. The van der Waals surface area contributed by atoms with Crippen LogP contribution in [0.3, 0.4) is 0 Å². The number of fused-ring (bicyclic) bond motifs is 1. The summed E-state index contributed by atoms with van der Waals surface area (Å²) in [7, 11) is -0.201.